The van der Waals surface area contributed by atoms with Crippen molar-refractivity contribution in [2.75, 3.05) is 13.4 Å². The predicted molar refractivity (Wildman–Crippen MR) is 77.4 cm³/mol. The molecule has 0 atom stereocenters. The van der Waals surface area contributed by atoms with Crippen molar-refractivity contribution in [3.63, 3.8) is 0 Å². The molecule has 0 amide bonds. The van der Waals surface area contributed by atoms with Gasteiger partial charge in [0.05, 0.1) is 6.61 Å². The lowest BCUT2D eigenvalue weighted by molar-refractivity contribution is 0.172. The summed E-state index contributed by atoms with van der Waals surface area (Å²) in [6.45, 7) is 6.19. The molecule has 20 heavy (non-hydrogen) atoms. The molecule has 1 aliphatic heterocycles. The summed E-state index contributed by atoms with van der Waals surface area (Å²) in [4.78, 5) is 0. The Morgan fingerprint density at radius 1 is 1.25 bits per heavy atom. The molecule has 0 unspecified atom stereocenters. The largest absolute Gasteiger partial charge is 0.493 e. The van der Waals surface area contributed by atoms with Crippen LogP contribution in [0.2, 0.25) is 0 Å². The quantitative estimate of drug-likeness (QED) is 0.867. The van der Waals surface area contributed by atoms with Gasteiger partial charge in [0.2, 0.25) is 6.79 Å². The van der Waals surface area contributed by atoms with Gasteiger partial charge in [0.15, 0.2) is 11.5 Å². The Labute approximate surface area is 120 Å². The molecule has 1 aliphatic carbocycles. The molecule has 0 bridgehead atoms. The van der Waals surface area contributed by atoms with Gasteiger partial charge in [0, 0.05) is 24.2 Å². The van der Waals surface area contributed by atoms with Crippen LogP contribution in [0.3, 0.4) is 0 Å². The first-order valence-electron chi connectivity index (χ1n) is 7.51. The molecule has 1 heterocycles. The molecule has 1 saturated carbocycles. The lowest BCUT2D eigenvalue weighted by atomic mass is 9.86. The van der Waals surface area contributed by atoms with Gasteiger partial charge in [0.1, 0.15) is 5.75 Å². The summed E-state index contributed by atoms with van der Waals surface area (Å²) in [5.41, 5.74) is 1.14. The van der Waals surface area contributed by atoms with Gasteiger partial charge in [-0.2, -0.15) is 0 Å². The molecule has 4 heteroatoms. The molecule has 3 rings (SSSR count). The summed E-state index contributed by atoms with van der Waals surface area (Å²) in [6, 6.07) is 4.45. The van der Waals surface area contributed by atoms with E-state index in [0.717, 1.165) is 41.9 Å². The fourth-order valence-electron chi connectivity index (χ4n) is 2.42. The first kappa shape index (κ1) is 13.6. The monoisotopic (exact) mass is 277 g/mol. The summed E-state index contributed by atoms with van der Waals surface area (Å²) in [5, 5.41) is 3.43. The third-order valence-corrected chi connectivity index (χ3v) is 3.96. The minimum atomic E-state index is 0.304. The average Bonchev–Trinajstić information content (AvgIpc) is 2.81. The second-order valence-corrected chi connectivity index (χ2v) is 5.96. The summed E-state index contributed by atoms with van der Waals surface area (Å²) in [5.74, 6) is 3.27. The number of benzene rings is 1. The molecule has 0 aromatic heterocycles. The molecule has 2 aliphatic rings. The Balaban J connectivity index is 1.73. The zero-order valence-corrected chi connectivity index (χ0v) is 12.3. The Kier molecular flexibility index (Phi) is 4.01. The van der Waals surface area contributed by atoms with Gasteiger partial charge >= 0.3 is 0 Å². The maximum Gasteiger partial charge on any atom is 0.231 e. The lowest BCUT2D eigenvalue weighted by Gasteiger charge is -2.26. The first-order valence-corrected chi connectivity index (χ1v) is 7.51. The zero-order chi connectivity index (χ0) is 13.9. The van der Waals surface area contributed by atoms with E-state index >= 15 is 0 Å². The Bertz CT molecular complexity index is 469. The SMILES string of the molecule is CC(C)NCc1cc2c(cc1OCC1CCC1)OCO2. The van der Waals surface area contributed by atoms with E-state index in [0.29, 0.717) is 12.8 Å². The van der Waals surface area contributed by atoms with E-state index in [-0.39, 0.29) is 0 Å². The minimum Gasteiger partial charge on any atom is -0.493 e. The number of rotatable bonds is 6. The molecule has 0 spiro atoms. The number of fused-ring (bicyclic) bond motifs is 1. The highest BCUT2D eigenvalue weighted by Crippen LogP contribution is 2.39. The topological polar surface area (TPSA) is 39.7 Å². The van der Waals surface area contributed by atoms with Crippen LogP contribution in [0.25, 0.3) is 0 Å². The molecule has 0 saturated heterocycles. The molecule has 1 fully saturated rings. The van der Waals surface area contributed by atoms with Crippen LogP contribution in [0.15, 0.2) is 12.1 Å². The maximum absolute atomic E-state index is 6.02. The molecule has 110 valence electrons. The van der Waals surface area contributed by atoms with Crippen molar-refractivity contribution in [1.82, 2.24) is 5.32 Å². The Hall–Kier alpha value is -1.42. The van der Waals surface area contributed by atoms with Crippen LogP contribution in [0.5, 0.6) is 17.2 Å². The van der Waals surface area contributed by atoms with Crippen LogP contribution in [0.4, 0.5) is 0 Å². The fraction of sp³-hybridized carbons (Fsp3) is 0.625. The van der Waals surface area contributed by atoms with Crippen molar-refractivity contribution >= 4 is 0 Å². The van der Waals surface area contributed by atoms with E-state index in [9.17, 15) is 0 Å². The van der Waals surface area contributed by atoms with Crippen LogP contribution in [-0.2, 0) is 6.54 Å². The minimum absolute atomic E-state index is 0.304. The second-order valence-electron chi connectivity index (χ2n) is 5.96. The van der Waals surface area contributed by atoms with Crippen LogP contribution >= 0.6 is 0 Å². The van der Waals surface area contributed by atoms with Gasteiger partial charge in [-0.25, -0.2) is 0 Å². The third kappa shape index (κ3) is 3.01. The van der Waals surface area contributed by atoms with Gasteiger partial charge in [-0.1, -0.05) is 20.3 Å². The third-order valence-electron chi connectivity index (χ3n) is 3.96. The van der Waals surface area contributed by atoms with Gasteiger partial charge < -0.3 is 19.5 Å². The standard InChI is InChI=1S/C16H23NO3/c1-11(2)17-8-13-6-15-16(20-10-19-15)7-14(13)18-9-12-4-3-5-12/h6-7,11-12,17H,3-5,8-10H2,1-2H3. The van der Waals surface area contributed by atoms with Crippen molar-refractivity contribution in [1.29, 1.82) is 0 Å². The molecule has 1 aromatic rings. The van der Waals surface area contributed by atoms with Crippen molar-refractivity contribution < 1.29 is 14.2 Å². The average molecular weight is 277 g/mol. The van der Waals surface area contributed by atoms with E-state index in [1.165, 1.54) is 19.3 Å². The van der Waals surface area contributed by atoms with Crippen LogP contribution in [-0.4, -0.2) is 19.4 Å². The smallest absolute Gasteiger partial charge is 0.231 e. The summed E-state index contributed by atoms with van der Waals surface area (Å²) >= 11 is 0. The lowest BCUT2D eigenvalue weighted by Crippen LogP contribution is -2.23. The van der Waals surface area contributed by atoms with E-state index in [2.05, 4.69) is 19.2 Å². The predicted octanol–water partition coefficient (Wildman–Crippen LogP) is 3.09. The highest BCUT2D eigenvalue weighted by molar-refractivity contribution is 5.51. The van der Waals surface area contributed by atoms with Gasteiger partial charge in [-0.3, -0.25) is 0 Å². The maximum atomic E-state index is 6.02. The molecule has 1 aromatic carbocycles. The van der Waals surface area contributed by atoms with Gasteiger partial charge in [-0.15, -0.1) is 0 Å². The van der Waals surface area contributed by atoms with Crippen LogP contribution in [0.1, 0.15) is 38.7 Å². The Morgan fingerprint density at radius 2 is 2.00 bits per heavy atom. The van der Waals surface area contributed by atoms with E-state index in [1.54, 1.807) is 0 Å². The van der Waals surface area contributed by atoms with Crippen molar-refractivity contribution in [3.05, 3.63) is 17.7 Å². The second kappa shape index (κ2) is 5.92. The highest BCUT2D eigenvalue weighted by Gasteiger charge is 2.21. The van der Waals surface area contributed by atoms with Crippen LogP contribution < -0.4 is 19.5 Å². The summed E-state index contributed by atoms with van der Waals surface area (Å²) in [7, 11) is 0. The van der Waals surface area contributed by atoms with Crippen molar-refractivity contribution in [2.45, 2.75) is 45.7 Å². The van der Waals surface area contributed by atoms with E-state index in [1.807, 2.05) is 12.1 Å². The summed E-state index contributed by atoms with van der Waals surface area (Å²) < 4.78 is 16.9. The Morgan fingerprint density at radius 3 is 2.65 bits per heavy atom. The number of hydrogen-bond donors (Lipinski definition) is 1. The number of nitrogens with one attached hydrogen (secondary N) is 1. The number of hydrogen-bond acceptors (Lipinski definition) is 4. The summed E-state index contributed by atoms with van der Waals surface area (Å²) in [6.07, 6.45) is 3.94. The van der Waals surface area contributed by atoms with E-state index < -0.39 is 0 Å². The van der Waals surface area contributed by atoms with Crippen LogP contribution in [0, 0.1) is 5.92 Å². The van der Waals surface area contributed by atoms with Crippen molar-refractivity contribution in [3.8, 4) is 17.2 Å². The van der Waals surface area contributed by atoms with Crippen molar-refractivity contribution in [2.24, 2.45) is 5.92 Å². The van der Waals surface area contributed by atoms with Gasteiger partial charge in [0.25, 0.3) is 0 Å². The molecular weight excluding hydrogens is 254 g/mol. The first-order chi connectivity index (χ1) is 9.72. The zero-order valence-electron chi connectivity index (χ0n) is 12.3. The molecular formula is C16H23NO3. The van der Waals surface area contributed by atoms with Gasteiger partial charge in [-0.05, 0) is 24.8 Å². The molecule has 4 nitrogen and oxygen atoms in total. The fourth-order valence-corrected chi connectivity index (χ4v) is 2.42. The number of ether oxygens (including phenoxy) is 3. The normalized spacial score (nSPS) is 17.4. The highest BCUT2D eigenvalue weighted by atomic mass is 16.7. The molecule has 1 N–H and O–H groups in total. The van der Waals surface area contributed by atoms with E-state index in [4.69, 9.17) is 14.2 Å². The molecule has 0 radical (unpaired) electrons.